The highest BCUT2D eigenvalue weighted by atomic mass is 32.2. The van der Waals surface area contributed by atoms with Gasteiger partial charge >= 0.3 is 0 Å². The Hall–Kier alpha value is -3.04. The molecule has 0 unspecified atom stereocenters. The molecule has 4 rings (SSSR count). The first kappa shape index (κ1) is 25.1. The number of nitrogens with zero attached hydrogens (tertiary/aromatic N) is 3. The number of benzene rings is 1. The number of hydrogen-bond acceptors (Lipinski definition) is 6. The van der Waals surface area contributed by atoms with Crippen molar-refractivity contribution in [3.05, 3.63) is 60.4 Å². The van der Waals surface area contributed by atoms with E-state index in [9.17, 15) is 13.2 Å². The van der Waals surface area contributed by atoms with Gasteiger partial charge in [-0.2, -0.15) is 4.72 Å². The molecule has 1 amide bonds. The van der Waals surface area contributed by atoms with Crippen LogP contribution in [-0.2, 0) is 14.8 Å². The minimum Gasteiger partial charge on any atom is -0.370 e. The summed E-state index contributed by atoms with van der Waals surface area (Å²) in [4.78, 5) is 23.9. The van der Waals surface area contributed by atoms with Gasteiger partial charge in [0.15, 0.2) is 0 Å². The fraction of sp³-hybridized carbons (Fsp3) is 0.423. The van der Waals surface area contributed by atoms with E-state index in [1.54, 1.807) is 29.4 Å². The predicted octanol–water partition coefficient (Wildman–Crippen LogP) is 3.74. The number of hydrogen-bond donors (Lipinski definition) is 2. The lowest BCUT2D eigenvalue weighted by Crippen LogP contribution is -2.50. The van der Waals surface area contributed by atoms with Crippen LogP contribution in [0.25, 0.3) is 10.9 Å². The van der Waals surface area contributed by atoms with Crippen LogP contribution in [0.15, 0.2) is 59.8 Å². The van der Waals surface area contributed by atoms with Crippen molar-refractivity contribution in [2.45, 2.75) is 50.5 Å². The average Bonchev–Trinajstić information content (AvgIpc) is 2.86. The summed E-state index contributed by atoms with van der Waals surface area (Å²) in [6, 6.07) is 11.8. The number of anilines is 1. The molecule has 9 heteroatoms. The number of pyridine rings is 2. The maximum Gasteiger partial charge on any atom is 0.243 e. The molecule has 1 aliphatic rings. The van der Waals surface area contributed by atoms with Gasteiger partial charge < -0.3 is 10.2 Å². The molecule has 1 aliphatic heterocycles. The Kier molecular flexibility index (Phi) is 7.97. The molecule has 0 bridgehead atoms. The Bertz CT molecular complexity index is 1260. The van der Waals surface area contributed by atoms with Crippen LogP contribution in [0.2, 0.25) is 0 Å². The quantitative estimate of drug-likeness (QED) is 0.438. The number of carbonyl (C=O) groups excluding carboxylic acids is 1. The number of piperidine rings is 1. The highest BCUT2D eigenvalue weighted by Gasteiger charge is 2.31. The first-order chi connectivity index (χ1) is 16.8. The Morgan fingerprint density at radius 3 is 2.69 bits per heavy atom. The van der Waals surface area contributed by atoms with Crippen LogP contribution in [0.3, 0.4) is 0 Å². The van der Waals surface area contributed by atoms with Gasteiger partial charge in [0, 0.05) is 37.4 Å². The number of rotatable bonds is 9. The van der Waals surface area contributed by atoms with Crippen molar-refractivity contribution in [1.82, 2.24) is 19.6 Å². The van der Waals surface area contributed by atoms with E-state index in [2.05, 4.69) is 26.9 Å². The van der Waals surface area contributed by atoms with E-state index in [4.69, 9.17) is 0 Å². The van der Waals surface area contributed by atoms with E-state index in [0.29, 0.717) is 43.9 Å². The minimum absolute atomic E-state index is 0.0895. The monoisotopic (exact) mass is 495 g/mol. The molecule has 1 fully saturated rings. The Labute approximate surface area is 207 Å². The third-order valence-corrected chi connectivity index (χ3v) is 7.93. The smallest absolute Gasteiger partial charge is 0.243 e. The number of sulfonamides is 1. The second-order valence-corrected chi connectivity index (χ2v) is 11.0. The van der Waals surface area contributed by atoms with Crippen molar-refractivity contribution in [1.29, 1.82) is 0 Å². The molecule has 186 valence electrons. The van der Waals surface area contributed by atoms with Gasteiger partial charge in [-0.25, -0.2) is 13.4 Å². The van der Waals surface area contributed by atoms with E-state index in [1.807, 2.05) is 37.3 Å². The zero-order chi connectivity index (χ0) is 24.8. The number of fused-ring (bicyclic) bond motifs is 1. The van der Waals surface area contributed by atoms with Crippen molar-refractivity contribution in [3.63, 3.8) is 0 Å². The van der Waals surface area contributed by atoms with Crippen LogP contribution in [0, 0.1) is 12.8 Å². The van der Waals surface area contributed by atoms with Gasteiger partial charge in [-0.05, 0) is 68.4 Å². The molecular weight excluding hydrogens is 462 g/mol. The Morgan fingerprint density at radius 1 is 1.14 bits per heavy atom. The average molecular weight is 496 g/mol. The van der Waals surface area contributed by atoms with Gasteiger partial charge in [-0.15, -0.1) is 0 Å². The summed E-state index contributed by atoms with van der Waals surface area (Å²) in [7, 11) is -3.98. The number of carbonyl (C=O) groups is 1. The van der Waals surface area contributed by atoms with Gasteiger partial charge in [0.2, 0.25) is 15.9 Å². The van der Waals surface area contributed by atoms with E-state index in [0.717, 1.165) is 29.6 Å². The molecule has 1 atom stereocenters. The van der Waals surface area contributed by atoms with Crippen molar-refractivity contribution >= 4 is 32.7 Å². The van der Waals surface area contributed by atoms with Crippen LogP contribution in [-0.4, -0.2) is 54.9 Å². The molecule has 0 radical (unpaired) electrons. The van der Waals surface area contributed by atoms with Crippen molar-refractivity contribution < 1.29 is 13.2 Å². The topological polar surface area (TPSA) is 104 Å². The summed E-state index contributed by atoms with van der Waals surface area (Å²) in [6.07, 6.45) is 6.20. The predicted molar refractivity (Wildman–Crippen MR) is 138 cm³/mol. The number of para-hydroxylation sites is 1. The lowest BCUT2D eigenvalue weighted by atomic mass is 9.98. The van der Waals surface area contributed by atoms with Crippen LogP contribution in [0.4, 0.5) is 5.82 Å². The number of aromatic nitrogens is 2. The largest absolute Gasteiger partial charge is 0.370 e. The molecule has 8 nitrogen and oxygen atoms in total. The van der Waals surface area contributed by atoms with E-state index in [1.165, 1.54) is 0 Å². The van der Waals surface area contributed by atoms with Gasteiger partial charge in [0.25, 0.3) is 0 Å². The van der Waals surface area contributed by atoms with Gasteiger partial charge in [0.1, 0.15) is 16.8 Å². The molecule has 0 spiro atoms. The molecule has 2 N–H and O–H groups in total. The van der Waals surface area contributed by atoms with Crippen LogP contribution in [0.1, 0.15) is 38.2 Å². The molecule has 1 saturated heterocycles. The van der Waals surface area contributed by atoms with Crippen LogP contribution < -0.4 is 10.0 Å². The van der Waals surface area contributed by atoms with E-state index >= 15 is 0 Å². The Balaban J connectivity index is 1.52. The fourth-order valence-corrected chi connectivity index (χ4v) is 5.79. The standard InChI is InChI=1S/C26H33N5O3S/c1-19-11-15-31(16-12-19)26(32)22(8-6-14-28-24-10-3-4-13-27-24)30-35(33,34)23-9-5-7-21-17-20(2)18-29-25(21)23/h3-5,7,9-10,13,17-19,22,30H,6,8,11-12,14-16H2,1-2H3,(H,27,28)/t22-/m0/s1. The molecular formula is C26H33N5O3S. The van der Waals surface area contributed by atoms with Crippen LogP contribution >= 0.6 is 0 Å². The Morgan fingerprint density at radius 2 is 1.94 bits per heavy atom. The molecule has 0 aliphatic carbocycles. The highest BCUT2D eigenvalue weighted by Crippen LogP contribution is 2.23. The lowest BCUT2D eigenvalue weighted by Gasteiger charge is -2.33. The summed E-state index contributed by atoms with van der Waals surface area (Å²) < 4.78 is 29.7. The van der Waals surface area contributed by atoms with Crippen molar-refractivity contribution in [2.24, 2.45) is 5.92 Å². The summed E-state index contributed by atoms with van der Waals surface area (Å²) >= 11 is 0. The van der Waals surface area contributed by atoms with Gasteiger partial charge in [-0.1, -0.05) is 25.1 Å². The number of aryl methyl sites for hydroxylation is 1. The second-order valence-electron chi connectivity index (χ2n) is 9.31. The zero-order valence-corrected chi connectivity index (χ0v) is 21.1. The number of nitrogens with one attached hydrogen (secondary N) is 2. The molecule has 3 aromatic rings. The van der Waals surface area contributed by atoms with E-state index in [-0.39, 0.29) is 10.8 Å². The maximum absolute atomic E-state index is 13.5. The van der Waals surface area contributed by atoms with Crippen molar-refractivity contribution in [3.8, 4) is 0 Å². The highest BCUT2D eigenvalue weighted by molar-refractivity contribution is 7.89. The number of likely N-dealkylation sites (tertiary alicyclic amines) is 1. The lowest BCUT2D eigenvalue weighted by molar-refractivity contribution is -0.134. The SMILES string of the molecule is Cc1cnc2c(S(=O)(=O)N[C@@H](CCCNc3ccccn3)C(=O)N3CCC(C)CC3)cccc2c1. The zero-order valence-electron chi connectivity index (χ0n) is 20.3. The molecule has 35 heavy (non-hydrogen) atoms. The van der Waals surface area contributed by atoms with Crippen LogP contribution in [0.5, 0.6) is 0 Å². The van der Waals surface area contributed by atoms with Gasteiger partial charge in [0.05, 0.1) is 5.52 Å². The van der Waals surface area contributed by atoms with Gasteiger partial charge in [-0.3, -0.25) is 9.78 Å². The molecule has 1 aromatic carbocycles. The second kappa shape index (κ2) is 11.1. The third-order valence-electron chi connectivity index (χ3n) is 6.43. The summed E-state index contributed by atoms with van der Waals surface area (Å²) in [6.45, 7) is 5.98. The first-order valence-corrected chi connectivity index (χ1v) is 13.6. The minimum atomic E-state index is -3.98. The summed E-state index contributed by atoms with van der Waals surface area (Å²) in [5.41, 5.74) is 1.35. The third kappa shape index (κ3) is 6.35. The molecule has 2 aromatic heterocycles. The first-order valence-electron chi connectivity index (χ1n) is 12.1. The maximum atomic E-state index is 13.5. The summed E-state index contributed by atoms with van der Waals surface area (Å²) in [5.74, 6) is 1.16. The summed E-state index contributed by atoms with van der Waals surface area (Å²) in [5, 5.41) is 3.98. The van der Waals surface area contributed by atoms with E-state index < -0.39 is 16.1 Å². The van der Waals surface area contributed by atoms with Crippen molar-refractivity contribution in [2.75, 3.05) is 25.0 Å². The number of amides is 1. The normalized spacial score (nSPS) is 15.8. The fourth-order valence-electron chi connectivity index (χ4n) is 4.38. The molecule has 0 saturated carbocycles. The molecule has 3 heterocycles.